The van der Waals surface area contributed by atoms with E-state index in [0.29, 0.717) is 16.5 Å². The van der Waals surface area contributed by atoms with Gasteiger partial charge in [0, 0.05) is 0 Å². The van der Waals surface area contributed by atoms with Crippen LogP contribution in [0.2, 0.25) is 5.02 Å². The van der Waals surface area contributed by atoms with Crippen molar-refractivity contribution in [3.05, 3.63) is 45.6 Å². The van der Waals surface area contributed by atoms with Crippen LogP contribution in [0, 0.1) is 0 Å². The number of hydrogen-bond donors (Lipinski definition) is 2. The first-order valence-corrected chi connectivity index (χ1v) is 6.81. The lowest BCUT2D eigenvalue weighted by atomic mass is 10.0. The van der Waals surface area contributed by atoms with E-state index in [1.54, 1.807) is 10.6 Å². The molecule has 0 amide bonds. The summed E-state index contributed by atoms with van der Waals surface area (Å²) >= 11 is 6.18. The van der Waals surface area contributed by atoms with E-state index in [1.807, 2.05) is 18.2 Å². The maximum absolute atomic E-state index is 12.0. The molecule has 2 aromatic rings. The number of halogens is 1. The number of piperidine rings is 1. The SMILES string of the molecule is O=c1[nH]nc(C2CCCCN2)n1-c1ccccc1Cl. The van der Waals surface area contributed by atoms with Gasteiger partial charge in [-0.25, -0.2) is 14.5 Å². The molecule has 2 N–H and O–H groups in total. The highest BCUT2D eigenvalue weighted by atomic mass is 35.5. The molecule has 1 fully saturated rings. The Hall–Kier alpha value is -1.59. The van der Waals surface area contributed by atoms with Crippen molar-refractivity contribution in [3.8, 4) is 5.69 Å². The van der Waals surface area contributed by atoms with Gasteiger partial charge in [-0.1, -0.05) is 30.2 Å². The number of para-hydroxylation sites is 1. The van der Waals surface area contributed by atoms with Crippen molar-refractivity contribution in [1.82, 2.24) is 20.1 Å². The molecule has 5 nitrogen and oxygen atoms in total. The number of benzene rings is 1. The highest BCUT2D eigenvalue weighted by Gasteiger charge is 2.23. The first-order chi connectivity index (χ1) is 9.27. The second-order valence-corrected chi connectivity index (χ2v) is 5.08. The zero-order chi connectivity index (χ0) is 13.2. The van der Waals surface area contributed by atoms with Gasteiger partial charge in [-0.05, 0) is 31.5 Å². The maximum Gasteiger partial charge on any atom is 0.348 e. The van der Waals surface area contributed by atoms with Crippen molar-refractivity contribution < 1.29 is 0 Å². The van der Waals surface area contributed by atoms with Crippen LogP contribution >= 0.6 is 11.6 Å². The Bertz CT molecular complexity index is 628. The predicted octanol–water partition coefficient (Wildman–Crippen LogP) is 2.03. The lowest BCUT2D eigenvalue weighted by molar-refractivity contribution is 0.393. The average Bonchev–Trinajstić information content (AvgIpc) is 2.82. The summed E-state index contributed by atoms with van der Waals surface area (Å²) in [6.45, 7) is 0.953. The first-order valence-electron chi connectivity index (χ1n) is 6.43. The Balaban J connectivity index is 2.08. The van der Waals surface area contributed by atoms with Crippen LogP contribution in [-0.2, 0) is 0 Å². The maximum atomic E-state index is 12.0. The molecule has 0 saturated carbocycles. The van der Waals surface area contributed by atoms with E-state index in [-0.39, 0.29) is 11.7 Å². The van der Waals surface area contributed by atoms with Crippen LogP contribution in [-0.4, -0.2) is 21.3 Å². The molecule has 6 heteroatoms. The zero-order valence-corrected chi connectivity index (χ0v) is 11.2. The Morgan fingerprint density at radius 2 is 2.16 bits per heavy atom. The second kappa shape index (κ2) is 5.19. The van der Waals surface area contributed by atoms with Crippen LogP contribution in [0.4, 0.5) is 0 Å². The van der Waals surface area contributed by atoms with Crippen molar-refractivity contribution in [2.24, 2.45) is 0 Å². The van der Waals surface area contributed by atoms with Gasteiger partial charge in [0.2, 0.25) is 0 Å². The molecule has 0 bridgehead atoms. The quantitative estimate of drug-likeness (QED) is 0.883. The van der Waals surface area contributed by atoms with Crippen LogP contribution in [0.1, 0.15) is 31.1 Å². The Labute approximate surface area is 115 Å². The Morgan fingerprint density at radius 1 is 1.32 bits per heavy atom. The van der Waals surface area contributed by atoms with E-state index in [4.69, 9.17) is 11.6 Å². The van der Waals surface area contributed by atoms with Crippen LogP contribution in [0.25, 0.3) is 5.69 Å². The number of H-pyrrole nitrogens is 1. The standard InChI is InChI=1S/C13H15ClN4O/c14-9-5-1-2-7-11(9)18-12(16-17-13(18)19)10-6-3-4-8-15-10/h1-2,5,7,10,15H,3-4,6,8H2,(H,17,19). The van der Waals surface area contributed by atoms with Gasteiger partial charge in [0.05, 0.1) is 16.8 Å². The summed E-state index contributed by atoms with van der Waals surface area (Å²) in [5.74, 6) is 0.706. The van der Waals surface area contributed by atoms with E-state index >= 15 is 0 Å². The van der Waals surface area contributed by atoms with Crippen molar-refractivity contribution in [2.45, 2.75) is 25.3 Å². The molecule has 0 aliphatic carbocycles. The summed E-state index contributed by atoms with van der Waals surface area (Å²) in [5.41, 5.74) is 0.417. The lowest BCUT2D eigenvalue weighted by Crippen LogP contribution is -2.30. The molecule has 0 radical (unpaired) electrons. The molecule has 1 aliphatic rings. The third-order valence-electron chi connectivity index (χ3n) is 3.41. The Morgan fingerprint density at radius 3 is 2.89 bits per heavy atom. The fraction of sp³-hybridized carbons (Fsp3) is 0.385. The summed E-state index contributed by atoms with van der Waals surface area (Å²) in [5, 5.41) is 10.6. The van der Waals surface area contributed by atoms with Gasteiger partial charge in [0.25, 0.3) is 0 Å². The fourth-order valence-corrected chi connectivity index (χ4v) is 2.70. The number of aromatic amines is 1. The van der Waals surface area contributed by atoms with Crippen LogP contribution in [0.15, 0.2) is 29.1 Å². The number of rotatable bonds is 2. The van der Waals surface area contributed by atoms with Crippen molar-refractivity contribution in [3.63, 3.8) is 0 Å². The van der Waals surface area contributed by atoms with E-state index in [9.17, 15) is 4.79 Å². The lowest BCUT2D eigenvalue weighted by Gasteiger charge is -2.23. The van der Waals surface area contributed by atoms with Gasteiger partial charge in [0.15, 0.2) is 5.82 Å². The minimum Gasteiger partial charge on any atom is -0.307 e. The predicted molar refractivity (Wildman–Crippen MR) is 73.8 cm³/mol. The highest BCUT2D eigenvalue weighted by Crippen LogP contribution is 2.25. The molecular formula is C13H15ClN4O. The summed E-state index contributed by atoms with van der Waals surface area (Å²) in [6.07, 6.45) is 3.28. The molecular weight excluding hydrogens is 264 g/mol. The number of nitrogens with one attached hydrogen (secondary N) is 2. The van der Waals surface area contributed by atoms with E-state index in [2.05, 4.69) is 15.5 Å². The number of aromatic nitrogens is 3. The molecule has 1 atom stereocenters. The van der Waals surface area contributed by atoms with E-state index in [1.165, 1.54) is 0 Å². The van der Waals surface area contributed by atoms with Crippen LogP contribution in [0.3, 0.4) is 0 Å². The molecule has 3 rings (SSSR count). The van der Waals surface area contributed by atoms with Crippen LogP contribution in [0.5, 0.6) is 0 Å². The van der Waals surface area contributed by atoms with Crippen LogP contribution < -0.4 is 11.0 Å². The van der Waals surface area contributed by atoms with Crippen molar-refractivity contribution in [2.75, 3.05) is 6.54 Å². The highest BCUT2D eigenvalue weighted by molar-refractivity contribution is 6.32. The second-order valence-electron chi connectivity index (χ2n) is 4.68. The zero-order valence-electron chi connectivity index (χ0n) is 10.4. The van der Waals surface area contributed by atoms with Crippen molar-refractivity contribution >= 4 is 11.6 Å². The largest absolute Gasteiger partial charge is 0.348 e. The molecule has 0 spiro atoms. The molecule has 1 aromatic carbocycles. The molecule has 1 saturated heterocycles. The summed E-state index contributed by atoms with van der Waals surface area (Å²) in [7, 11) is 0. The summed E-state index contributed by atoms with van der Waals surface area (Å²) in [6, 6.07) is 7.40. The normalized spacial score (nSPS) is 19.5. The first kappa shape index (κ1) is 12.4. The van der Waals surface area contributed by atoms with Gasteiger partial charge in [-0.2, -0.15) is 5.10 Å². The third-order valence-corrected chi connectivity index (χ3v) is 3.73. The average molecular weight is 279 g/mol. The number of hydrogen-bond acceptors (Lipinski definition) is 3. The van der Waals surface area contributed by atoms with E-state index < -0.39 is 0 Å². The molecule has 100 valence electrons. The van der Waals surface area contributed by atoms with Gasteiger partial charge in [0.1, 0.15) is 0 Å². The third kappa shape index (κ3) is 2.31. The minimum absolute atomic E-state index is 0.101. The van der Waals surface area contributed by atoms with Gasteiger partial charge in [-0.15, -0.1) is 0 Å². The summed E-state index contributed by atoms with van der Waals surface area (Å²) < 4.78 is 1.56. The molecule has 1 aromatic heterocycles. The Kier molecular flexibility index (Phi) is 3.40. The molecule has 19 heavy (non-hydrogen) atoms. The molecule has 1 aliphatic heterocycles. The monoisotopic (exact) mass is 278 g/mol. The smallest absolute Gasteiger partial charge is 0.307 e. The molecule has 1 unspecified atom stereocenters. The van der Waals surface area contributed by atoms with E-state index in [0.717, 1.165) is 25.8 Å². The van der Waals surface area contributed by atoms with Gasteiger partial charge in [-0.3, -0.25) is 0 Å². The molecule has 2 heterocycles. The van der Waals surface area contributed by atoms with Gasteiger partial charge < -0.3 is 5.32 Å². The minimum atomic E-state index is -0.254. The fourth-order valence-electron chi connectivity index (χ4n) is 2.48. The number of nitrogens with zero attached hydrogens (tertiary/aromatic N) is 2. The topological polar surface area (TPSA) is 62.7 Å². The van der Waals surface area contributed by atoms with Crippen molar-refractivity contribution in [1.29, 1.82) is 0 Å². The summed E-state index contributed by atoms with van der Waals surface area (Å²) in [4.78, 5) is 12.0. The van der Waals surface area contributed by atoms with Gasteiger partial charge >= 0.3 is 5.69 Å².